The number of rotatable bonds is 5. The molecule has 2 saturated heterocycles. The van der Waals surface area contributed by atoms with E-state index in [4.69, 9.17) is 4.74 Å². The number of ether oxygens (including phenoxy) is 1. The molecule has 148 valence electrons. The summed E-state index contributed by atoms with van der Waals surface area (Å²) >= 11 is 1.42. The molecule has 0 bridgehead atoms. The van der Waals surface area contributed by atoms with Gasteiger partial charge in [-0.2, -0.15) is 0 Å². The van der Waals surface area contributed by atoms with Gasteiger partial charge < -0.3 is 15.0 Å². The molecule has 0 spiro atoms. The molecule has 1 atom stereocenters. The highest BCUT2D eigenvalue weighted by molar-refractivity contribution is 7.19. The van der Waals surface area contributed by atoms with Crippen LogP contribution in [0.5, 0.6) is 5.75 Å². The van der Waals surface area contributed by atoms with E-state index in [2.05, 4.69) is 20.4 Å². The van der Waals surface area contributed by atoms with E-state index in [0.29, 0.717) is 30.4 Å². The van der Waals surface area contributed by atoms with Gasteiger partial charge in [-0.15, -0.1) is 10.2 Å². The first-order valence-electron chi connectivity index (χ1n) is 9.48. The van der Waals surface area contributed by atoms with Crippen molar-refractivity contribution in [3.8, 4) is 5.75 Å². The van der Waals surface area contributed by atoms with E-state index in [1.165, 1.54) is 11.3 Å². The zero-order chi connectivity index (χ0) is 19.5. The van der Waals surface area contributed by atoms with E-state index in [0.717, 1.165) is 36.6 Å². The SMILES string of the molecule is COc1cccc(NC(=O)[C@H]2CCCN(c3nnc(N4CCCC4=O)s3)C2)c1. The zero-order valence-corrected chi connectivity index (χ0v) is 16.6. The van der Waals surface area contributed by atoms with Crippen molar-refractivity contribution in [1.29, 1.82) is 0 Å². The van der Waals surface area contributed by atoms with E-state index < -0.39 is 0 Å². The standard InChI is InChI=1S/C19H23N5O3S/c1-27-15-7-2-6-14(11-15)20-17(26)13-5-3-9-23(12-13)18-21-22-19(28-18)24-10-4-8-16(24)25/h2,6-7,11,13H,3-5,8-10,12H2,1H3,(H,20,26)/t13-/m0/s1. The third kappa shape index (κ3) is 3.94. The smallest absolute Gasteiger partial charge is 0.229 e. The first-order chi connectivity index (χ1) is 13.6. The van der Waals surface area contributed by atoms with Gasteiger partial charge in [0.1, 0.15) is 5.75 Å². The molecular weight excluding hydrogens is 378 g/mol. The Hall–Kier alpha value is -2.68. The quantitative estimate of drug-likeness (QED) is 0.828. The van der Waals surface area contributed by atoms with Crippen LogP contribution in [0, 0.1) is 5.92 Å². The Morgan fingerprint density at radius 2 is 2.11 bits per heavy atom. The van der Waals surface area contributed by atoms with Gasteiger partial charge >= 0.3 is 0 Å². The molecule has 4 rings (SSSR count). The van der Waals surface area contributed by atoms with Crippen molar-refractivity contribution in [3.63, 3.8) is 0 Å². The van der Waals surface area contributed by atoms with Crippen LogP contribution in [0.1, 0.15) is 25.7 Å². The molecule has 2 aliphatic rings. The van der Waals surface area contributed by atoms with E-state index in [1.54, 1.807) is 12.0 Å². The largest absolute Gasteiger partial charge is 0.497 e. The monoisotopic (exact) mass is 401 g/mol. The van der Waals surface area contributed by atoms with Crippen LogP contribution < -0.4 is 19.9 Å². The highest BCUT2D eigenvalue weighted by Crippen LogP contribution is 2.32. The molecule has 0 aliphatic carbocycles. The predicted octanol–water partition coefficient (Wildman–Crippen LogP) is 2.53. The minimum atomic E-state index is -0.124. The first-order valence-corrected chi connectivity index (χ1v) is 10.3. The number of nitrogens with zero attached hydrogens (tertiary/aromatic N) is 4. The maximum absolute atomic E-state index is 12.7. The molecule has 0 unspecified atom stereocenters. The second-order valence-electron chi connectivity index (χ2n) is 7.02. The van der Waals surface area contributed by atoms with Gasteiger partial charge in [0, 0.05) is 37.8 Å². The number of hydrogen-bond acceptors (Lipinski definition) is 7. The summed E-state index contributed by atoms with van der Waals surface area (Å²) in [5.41, 5.74) is 0.729. The highest BCUT2D eigenvalue weighted by Gasteiger charge is 2.30. The fourth-order valence-electron chi connectivity index (χ4n) is 3.61. The number of anilines is 3. The predicted molar refractivity (Wildman–Crippen MR) is 108 cm³/mol. The number of amides is 2. The van der Waals surface area contributed by atoms with Crippen LogP contribution in [0.3, 0.4) is 0 Å². The fraction of sp³-hybridized carbons (Fsp3) is 0.474. The minimum absolute atomic E-state index is 0.00240. The number of methoxy groups -OCH3 is 1. The second kappa shape index (κ2) is 8.14. The second-order valence-corrected chi connectivity index (χ2v) is 7.96. The summed E-state index contributed by atoms with van der Waals surface area (Å²) in [5.74, 6) is 0.691. The van der Waals surface area contributed by atoms with Gasteiger partial charge in [-0.25, -0.2) is 0 Å². The summed E-state index contributed by atoms with van der Waals surface area (Å²) in [5, 5.41) is 12.9. The Balaban J connectivity index is 1.40. The molecule has 2 amide bonds. The third-order valence-corrected chi connectivity index (χ3v) is 6.11. The van der Waals surface area contributed by atoms with Crippen LogP contribution in [-0.2, 0) is 9.59 Å². The van der Waals surface area contributed by atoms with Crippen LogP contribution in [0.2, 0.25) is 0 Å². The maximum atomic E-state index is 12.7. The molecule has 1 aromatic carbocycles. The lowest BCUT2D eigenvalue weighted by Crippen LogP contribution is -2.40. The van der Waals surface area contributed by atoms with Gasteiger partial charge in [-0.3, -0.25) is 14.5 Å². The number of carbonyl (C=O) groups excluding carboxylic acids is 2. The van der Waals surface area contributed by atoms with Gasteiger partial charge in [0.25, 0.3) is 0 Å². The molecule has 3 heterocycles. The molecule has 1 N–H and O–H groups in total. The molecule has 2 aromatic rings. The lowest BCUT2D eigenvalue weighted by molar-refractivity contribution is -0.120. The van der Waals surface area contributed by atoms with Gasteiger partial charge in [-0.05, 0) is 31.4 Å². The molecule has 2 aliphatic heterocycles. The van der Waals surface area contributed by atoms with E-state index >= 15 is 0 Å². The Morgan fingerprint density at radius 3 is 2.89 bits per heavy atom. The van der Waals surface area contributed by atoms with Crippen LogP contribution in [0.15, 0.2) is 24.3 Å². The lowest BCUT2D eigenvalue weighted by atomic mass is 9.97. The fourth-order valence-corrected chi connectivity index (χ4v) is 4.53. The summed E-state index contributed by atoms with van der Waals surface area (Å²) in [6.07, 6.45) is 3.19. The third-order valence-electron chi connectivity index (χ3n) is 5.11. The number of hydrogen-bond donors (Lipinski definition) is 1. The van der Waals surface area contributed by atoms with Crippen molar-refractivity contribution < 1.29 is 14.3 Å². The molecular formula is C19H23N5O3S. The Morgan fingerprint density at radius 1 is 1.25 bits per heavy atom. The van der Waals surface area contributed by atoms with Crippen molar-refractivity contribution in [2.24, 2.45) is 5.92 Å². The summed E-state index contributed by atoms with van der Waals surface area (Å²) in [6.45, 7) is 2.14. The van der Waals surface area contributed by atoms with Crippen molar-refractivity contribution >= 4 is 39.1 Å². The summed E-state index contributed by atoms with van der Waals surface area (Å²) < 4.78 is 5.21. The van der Waals surface area contributed by atoms with Gasteiger partial charge in [0.15, 0.2) is 0 Å². The van der Waals surface area contributed by atoms with Crippen molar-refractivity contribution in [1.82, 2.24) is 10.2 Å². The van der Waals surface area contributed by atoms with Crippen molar-refractivity contribution in [2.45, 2.75) is 25.7 Å². The highest BCUT2D eigenvalue weighted by atomic mass is 32.1. The summed E-state index contributed by atoms with van der Waals surface area (Å²) in [6, 6.07) is 7.36. The average molecular weight is 401 g/mol. The first kappa shape index (κ1) is 18.7. The van der Waals surface area contributed by atoms with Gasteiger partial charge in [0.2, 0.25) is 22.1 Å². The molecule has 28 heavy (non-hydrogen) atoms. The number of aromatic nitrogens is 2. The molecule has 9 heteroatoms. The molecule has 0 radical (unpaired) electrons. The Labute approximate surface area is 167 Å². The van der Waals surface area contributed by atoms with E-state index in [9.17, 15) is 9.59 Å². The van der Waals surface area contributed by atoms with Gasteiger partial charge in [-0.1, -0.05) is 17.4 Å². The Bertz CT molecular complexity index is 871. The Kier molecular flexibility index (Phi) is 5.43. The number of benzene rings is 1. The van der Waals surface area contributed by atoms with Crippen molar-refractivity contribution in [3.05, 3.63) is 24.3 Å². The lowest BCUT2D eigenvalue weighted by Gasteiger charge is -2.31. The number of nitrogens with one attached hydrogen (secondary N) is 1. The normalized spacial score (nSPS) is 19.8. The number of carbonyl (C=O) groups is 2. The van der Waals surface area contributed by atoms with Crippen LogP contribution in [-0.4, -0.2) is 48.8 Å². The summed E-state index contributed by atoms with van der Waals surface area (Å²) in [4.78, 5) is 28.5. The molecule has 2 fully saturated rings. The summed E-state index contributed by atoms with van der Waals surface area (Å²) in [7, 11) is 1.60. The van der Waals surface area contributed by atoms with Crippen LogP contribution >= 0.6 is 11.3 Å². The molecule has 0 saturated carbocycles. The van der Waals surface area contributed by atoms with Crippen LogP contribution in [0.4, 0.5) is 16.0 Å². The number of piperidine rings is 1. The van der Waals surface area contributed by atoms with Gasteiger partial charge in [0.05, 0.1) is 13.0 Å². The molecule has 1 aromatic heterocycles. The van der Waals surface area contributed by atoms with Crippen LogP contribution in [0.25, 0.3) is 0 Å². The van der Waals surface area contributed by atoms with E-state index in [-0.39, 0.29) is 17.7 Å². The maximum Gasteiger partial charge on any atom is 0.229 e. The zero-order valence-electron chi connectivity index (χ0n) is 15.8. The minimum Gasteiger partial charge on any atom is -0.497 e. The molecule has 8 nitrogen and oxygen atoms in total. The van der Waals surface area contributed by atoms with Crippen molar-refractivity contribution in [2.75, 3.05) is 41.9 Å². The van der Waals surface area contributed by atoms with E-state index in [1.807, 2.05) is 24.3 Å². The topological polar surface area (TPSA) is 87.7 Å². The average Bonchev–Trinajstić information content (AvgIpc) is 3.37.